The van der Waals surface area contributed by atoms with Crippen molar-refractivity contribution < 1.29 is 13.5 Å². The van der Waals surface area contributed by atoms with E-state index in [0.29, 0.717) is 25.5 Å². The number of aryl methyl sites for hydroxylation is 2. The van der Waals surface area contributed by atoms with Gasteiger partial charge in [-0.2, -0.15) is 9.29 Å². The van der Waals surface area contributed by atoms with Gasteiger partial charge in [0, 0.05) is 24.7 Å². The van der Waals surface area contributed by atoms with Gasteiger partial charge >= 0.3 is 0 Å². The zero-order valence-electron chi connectivity index (χ0n) is 16.9. The van der Waals surface area contributed by atoms with Crippen molar-refractivity contribution in [2.75, 3.05) is 18.4 Å². The summed E-state index contributed by atoms with van der Waals surface area (Å²) in [6.07, 6.45) is 8.84. The molecule has 2 fully saturated rings. The van der Waals surface area contributed by atoms with Crippen LogP contribution in [0.4, 0.5) is 11.6 Å². The van der Waals surface area contributed by atoms with Gasteiger partial charge in [0.2, 0.25) is 5.95 Å². The third kappa shape index (κ3) is 2.90. The number of nitrogens with one attached hydrogen (secondary N) is 2. The number of hydrogen-bond acceptors (Lipinski definition) is 6. The number of aromatic nitrogens is 3. The molecular weight excluding hydrogens is 402 g/mol. The highest BCUT2D eigenvalue weighted by molar-refractivity contribution is 7.89. The molecule has 4 aliphatic rings. The van der Waals surface area contributed by atoms with Crippen LogP contribution in [0.15, 0.2) is 11.2 Å². The predicted octanol–water partition coefficient (Wildman–Crippen LogP) is 2.06. The van der Waals surface area contributed by atoms with E-state index in [1.807, 2.05) is 0 Å². The molecule has 1 aliphatic heterocycles. The third-order valence-electron chi connectivity index (χ3n) is 7.43. The van der Waals surface area contributed by atoms with Gasteiger partial charge in [0.15, 0.2) is 0 Å². The Morgan fingerprint density at radius 2 is 1.83 bits per heavy atom. The van der Waals surface area contributed by atoms with Crippen LogP contribution in [0.2, 0.25) is 0 Å². The van der Waals surface area contributed by atoms with Gasteiger partial charge in [-0.1, -0.05) is 6.07 Å². The van der Waals surface area contributed by atoms with Crippen molar-refractivity contribution in [2.45, 2.75) is 68.5 Å². The summed E-state index contributed by atoms with van der Waals surface area (Å²) < 4.78 is 27.5. The summed E-state index contributed by atoms with van der Waals surface area (Å²) >= 11 is 0. The molecule has 1 saturated carbocycles. The molecule has 1 aromatic heterocycles. The van der Waals surface area contributed by atoms with Crippen LogP contribution in [0.5, 0.6) is 0 Å². The smallest absolute Gasteiger partial charge is 0.278 e. The molecule has 9 heteroatoms. The zero-order valence-corrected chi connectivity index (χ0v) is 17.8. The fourth-order valence-electron chi connectivity index (χ4n) is 5.54. The van der Waals surface area contributed by atoms with Crippen molar-refractivity contribution in [1.29, 1.82) is 0 Å². The molecule has 1 saturated heterocycles. The van der Waals surface area contributed by atoms with Gasteiger partial charge < -0.3 is 10.4 Å². The van der Waals surface area contributed by atoms with Gasteiger partial charge in [-0.05, 0) is 80.0 Å². The van der Waals surface area contributed by atoms with Crippen LogP contribution in [0.3, 0.4) is 0 Å². The third-order valence-corrected chi connectivity index (χ3v) is 9.11. The van der Waals surface area contributed by atoms with Crippen molar-refractivity contribution in [2.24, 2.45) is 5.92 Å². The maximum Gasteiger partial charge on any atom is 0.278 e. The van der Waals surface area contributed by atoms with E-state index in [1.165, 1.54) is 26.6 Å². The number of rotatable bonds is 5. The van der Waals surface area contributed by atoms with Crippen molar-refractivity contribution in [3.63, 3.8) is 0 Å². The SMILES string of the molecule is O=S(=O)(c1nc(Nc2c3c(cc4c2CCC4)CCC3)n[nH]1)N1CC[C@H](C2(O)CC2)C1. The molecule has 1 aromatic carbocycles. The molecule has 2 heterocycles. The molecule has 6 rings (SSSR count). The molecule has 30 heavy (non-hydrogen) atoms. The van der Waals surface area contributed by atoms with Crippen molar-refractivity contribution in [3.05, 3.63) is 28.3 Å². The molecule has 3 N–H and O–H groups in total. The van der Waals surface area contributed by atoms with Crippen LogP contribution < -0.4 is 5.32 Å². The van der Waals surface area contributed by atoms with Crippen LogP contribution in [0.25, 0.3) is 0 Å². The topological polar surface area (TPSA) is 111 Å². The van der Waals surface area contributed by atoms with Crippen LogP contribution in [-0.2, 0) is 35.7 Å². The molecule has 0 bridgehead atoms. The molecule has 2 aromatic rings. The van der Waals surface area contributed by atoms with Crippen LogP contribution in [0, 0.1) is 5.92 Å². The van der Waals surface area contributed by atoms with E-state index in [2.05, 4.69) is 26.6 Å². The van der Waals surface area contributed by atoms with Crippen molar-refractivity contribution in [1.82, 2.24) is 19.5 Å². The summed E-state index contributed by atoms with van der Waals surface area (Å²) in [5, 5.41) is 20.4. The highest BCUT2D eigenvalue weighted by Gasteiger charge is 2.51. The zero-order chi connectivity index (χ0) is 20.5. The Balaban J connectivity index is 1.26. The molecule has 0 spiro atoms. The van der Waals surface area contributed by atoms with E-state index in [-0.39, 0.29) is 11.1 Å². The lowest BCUT2D eigenvalue weighted by atomic mass is 9.99. The summed E-state index contributed by atoms with van der Waals surface area (Å²) in [7, 11) is -3.75. The first-order valence-corrected chi connectivity index (χ1v) is 12.5. The molecule has 0 amide bonds. The number of H-pyrrole nitrogens is 1. The Labute approximate surface area is 176 Å². The number of sulfonamides is 1. The molecule has 0 radical (unpaired) electrons. The second kappa shape index (κ2) is 6.51. The molecule has 8 nitrogen and oxygen atoms in total. The number of anilines is 2. The number of fused-ring (bicyclic) bond motifs is 2. The highest BCUT2D eigenvalue weighted by atomic mass is 32.2. The van der Waals surface area contributed by atoms with E-state index < -0.39 is 15.6 Å². The molecule has 1 atom stereocenters. The fourth-order valence-corrected chi connectivity index (χ4v) is 6.87. The van der Waals surface area contributed by atoms with Crippen molar-refractivity contribution >= 4 is 21.7 Å². The van der Waals surface area contributed by atoms with Gasteiger partial charge in [-0.15, -0.1) is 5.10 Å². The van der Waals surface area contributed by atoms with Gasteiger partial charge in [0.05, 0.1) is 5.60 Å². The quantitative estimate of drug-likeness (QED) is 0.671. The van der Waals surface area contributed by atoms with Crippen molar-refractivity contribution in [3.8, 4) is 0 Å². The van der Waals surface area contributed by atoms with Crippen LogP contribution >= 0.6 is 0 Å². The monoisotopic (exact) mass is 429 g/mol. The first-order chi connectivity index (χ1) is 14.4. The first-order valence-electron chi connectivity index (χ1n) is 11.0. The number of benzene rings is 1. The number of aliphatic hydroxyl groups is 1. The fraction of sp³-hybridized carbons (Fsp3) is 0.619. The van der Waals surface area contributed by atoms with E-state index in [1.54, 1.807) is 0 Å². The highest BCUT2D eigenvalue weighted by Crippen LogP contribution is 2.46. The minimum absolute atomic E-state index is 0.0160. The Morgan fingerprint density at radius 1 is 1.13 bits per heavy atom. The predicted molar refractivity (Wildman–Crippen MR) is 111 cm³/mol. The van der Waals surface area contributed by atoms with E-state index >= 15 is 0 Å². The Bertz CT molecular complexity index is 1090. The summed E-state index contributed by atoms with van der Waals surface area (Å²) in [4.78, 5) is 4.31. The van der Waals surface area contributed by atoms with Gasteiger partial charge in [-0.3, -0.25) is 0 Å². The lowest BCUT2D eigenvalue weighted by Crippen LogP contribution is -2.32. The summed E-state index contributed by atoms with van der Waals surface area (Å²) in [6.45, 7) is 0.764. The van der Waals surface area contributed by atoms with Crippen LogP contribution in [0.1, 0.15) is 54.4 Å². The summed E-state index contributed by atoms with van der Waals surface area (Å²) in [6, 6.07) is 2.36. The average molecular weight is 430 g/mol. The molecular formula is C21H27N5O3S. The standard InChI is InChI=1S/C21H27N5O3S/c27-21(8-9-21)15-7-10-26(12-15)30(28,29)20-23-19(24-25-20)22-18-16-5-1-3-13(16)11-14-4-2-6-17(14)18/h11,15,27H,1-10,12H2,(H2,22,23,24,25)/t15-/m0/s1. The lowest BCUT2D eigenvalue weighted by Gasteiger charge is -2.17. The Hall–Kier alpha value is -1.97. The lowest BCUT2D eigenvalue weighted by molar-refractivity contribution is 0.0888. The molecule has 3 aliphatic carbocycles. The second-order valence-corrected chi connectivity index (χ2v) is 11.1. The van der Waals surface area contributed by atoms with E-state index in [9.17, 15) is 13.5 Å². The maximum absolute atomic E-state index is 13.1. The largest absolute Gasteiger partial charge is 0.390 e. The minimum Gasteiger partial charge on any atom is -0.390 e. The number of nitrogens with zero attached hydrogens (tertiary/aromatic N) is 3. The molecule has 160 valence electrons. The summed E-state index contributed by atoms with van der Waals surface area (Å²) in [5.41, 5.74) is 5.92. The second-order valence-electron chi connectivity index (χ2n) is 9.28. The van der Waals surface area contributed by atoms with Gasteiger partial charge in [0.25, 0.3) is 15.2 Å². The molecule has 0 unspecified atom stereocenters. The normalized spacial score (nSPS) is 24.8. The van der Waals surface area contributed by atoms with E-state index in [4.69, 9.17) is 0 Å². The average Bonchev–Trinajstić information content (AvgIpc) is 3.32. The van der Waals surface area contributed by atoms with Gasteiger partial charge in [0.1, 0.15) is 0 Å². The van der Waals surface area contributed by atoms with Gasteiger partial charge in [-0.25, -0.2) is 13.5 Å². The Morgan fingerprint density at radius 3 is 2.50 bits per heavy atom. The Kier molecular flexibility index (Phi) is 4.08. The van der Waals surface area contributed by atoms with Crippen LogP contribution in [-0.4, -0.2) is 51.7 Å². The first kappa shape index (κ1) is 18.8. The van der Waals surface area contributed by atoms with E-state index in [0.717, 1.165) is 57.1 Å². The summed E-state index contributed by atoms with van der Waals surface area (Å²) in [5.74, 6) is 0.321. The minimum atomic E-state index is -3.75. The maximum atomic E-state index is 13.1. The number of aromatic amines is 1. The number of hydrogen-bond donors (Lipinski definition) is 3.